The van der Waals surface area contributed by atoms with E-state index in [9.17, 15) is 19.5 Å². The van der Waals surface area contributed by atoms with Gasteiger partial charge in [0.2, 0.25) is 0 Å². The third-order valence-corrected chi connectivity index (χ3v) is 4.83. The number of aliphatic carboxylic acids is 1. The van der Waals surface area contributed by atoms with Crippen LogP contribution in [0, 0.1) is 6.92 Å². The molecule has 1 aromatic heterocycles. The zero-order valence-corrected chi connectivity index (χ0v) is 16.4. The molecule has 152 valence electrons. The van der Waals surface area contributed by atoms with E-state index in [2.05, 4.69) is 5.32 Å². The van der Waals surface area contributed by atoms with Gasteiger partial charge < -0.3 is 19.6 Å². The number of benzene rings is 2. The molecule has 0 saturated carbocycles. The molecule has 0 spiro atoms. The Bertz CT molecular complexity index is 1120. The van der Waals surface area contributed by atoms with Crippen molar-refractivity contribution in [3.8, 4) is 5.75 Å². The molecule has 0 aliphatic carbocycles. The molecule has 0 fully saturated rings. The van der Waals surface area contributed by atoms with Crippen molar-refractivity contribution < 1.29 is 23.8 Å². The Kier molecular flexibility index (Phi) is 6.16. The number of carboxylic acids is 1. The lowest BCUT2D eigenvalue weighted by atomic mass is 10.0. The van der Waals surface area contributed by atoms with Crippen molar-refractivity contribution in [2.45, 2.75) is 39.2 Å². The molecule has 1 amide bonds. The summed E-state index contributed by atoms with van der Waals surface area (Å²) >= 11 is 0. The van der Waals surface area contributed by atoms with Crippen LogP contribution in [0.15, 0.2) is 45.6 Å². The van der Waals surface area contributed by atoms with E-state index < -0.39 is 23.5 Å². The number of unbranched alkanes of at least 4 members (excludes halogenated alkanes) is 1. The smallest absolute Gasteiger partial charge is 0.344 e. The molecule has 0 saturated heterocycles. The third-order valence-electron chi connectivity index (χ3n) is 4.83. The number of carboxylic acid groups (broad SMARTS) is 1. The first kappa shape index (κ1) is 20.4. The van der Waals surface area contributed by atoms with Crippen LogP contribution in [0.25, 0.3) is 21.7 Å². The van der Waals surface area contributed by atoms with Gasteiger partial charge in [0, 0.05) is 10.9 Å². The molecule has 3 aromatic rings. The van der Waals surface area contributed by atoms with Gasteiger partial charge in [0.25, 0.3) is 5.91 Å². The van der Waals surface area contributed by atoms with Crippen molar-refractivity contribution in [3.63, 3.8) is 0 Å². The number of carbonyl (C=O) groups excluding carboxylic acids is 1. The number of aryl methyl sites for hydroxylation is 1. The van der Waals surface area contributed by atoms with Gasteiger partial charge in [-0.1, -0.05) is 38.0 Å². The van der Waals surface area contributed by atoms with Crippen LogP contribution >= 0.6 is 0 Å². The Labute approximate surface area is 167 Å². The molecule has 7 heteroatoms. The number of carbonyl (C=O) groups is 2. The normalized spacial score (nSPS) is 12.1. The second-order valence-corrected chi connectivity index (χ2v) is 6.89. The molecule has 0 aliphatic heterocycles. The molecule has 1 heterocycles. The number of amides is 1. The largest absolute Gasteiger partial charge is 0.483 e. The van der Waals surface area contributed by atoms with Gasteiger partial charge in [0.15, 0.2) is 6.61 Å². The van der Waals surface area contributed by atoms with Crippen LogP contribution < -0.4 is 15.7 Å². The molecule has 3 rings (SSSR count). The highest BCUT2D eigenvalue weighted by Crippen LogP contribution is 2.30. The van der Waals surface area contributed by atoms with E-state index >= 15 is 0 Å². The van der Waals surface area contributed by atoms with Crippen molar-refractivity contribution in [1.29, 1.82) is 0 Å². The van der Waals surface area contributed by atoms with Crippen LogP contribution in [-0.4, -0.2) is 29.6 Å². The zero-order chi connectivity index (χ0) is 21.0. The molecule has 0 bridgehead atoms. The maximum atomic E-state index is 12.3. The maximum Gasteiger partial charge on any atom is 0.344 e. The van der Waals surface area contributed by atoms with Crippen LogP contribution in [0.3, 0.4) is 0 Å². The quantitative estimate of drug-likeness (QED) is 0.446. The SMILES string of the molecule is CCCC[C@H](NC(=O)COc1ccc2c(oc(=O)c3ccccc32)c1C)C(=O)O. The van der Waals surface area contributed by atoms with Gasteiger partial charge in [0.05, 0.1) is 5.39 Å². The van der Waals surface area contributed by atoms with Crippen molar-refractivity contribution in [2.24, 2.45) is 0 Å². The first-order chi connectivity index (χ1) is 13.9. The zero-order valence-electron chi connectivity index (χ0n) is 16.4. The monoisotopic (exact) mass is 397 g/mol. The highest BCUT2D eigenvalue weighted by molar-refractivity contribution is 6.05. The molecule has 0 unspecified atom stereocenters. The molecule has 29 heavy (non-hydrogen) atoms. The van der Waals surface area contributed by atoms with Gasteiger partial charge >= 0.3 is 11.6 Å². The molecule has 0 radical (unpaired) electrons. The first-order valence-corrected chi connectivity index (χ1v) is 9.52. The van der Waals surface area contributed by atoms with E-state index in [1.165, 1.54) is 0 Å². The third kappa shape index (κ3) is 4.39. The van der Waals surface area contributed by atoms with Gasteiger partial charge in [-0.2, -0.15) is 0 Å². The fraction of sp³-hybridized carbons (Fsp3) is 0.318. The number of hydrogen-bond acceptors (Lipinski definition) is 5. The summed E-state index contributed by atoms with van der Waals surface area (Å²) in [5.74, 6) is -1.19. The fourth-order valence-electron chi connectivity index (χ4n) is 3.26. The molecular formula is C22H23NO6. The molecular weight excluding hydrogens is 374 g/mol. The predicted molar refractivity (Wildman–Crippen MR) is 109 cm³/mol. The number of hydrogen-bond donors (Lipinski definition) is 2. The summed E-state index contributed by atoms with van der Waals surface area (Å²) < 4.78 is 11.1. The topological polar surface area (TPSA) is 106 Å². The second kappa shape index (κ2) is 8.77. The predicted octanol–water partition coefficient (Wildman–Crippen LogP) is 3.39. The maximum absolute atomic E-state index is 12.3. The summed E-state index contributed by atoms with van der Waals surface area (Å²) in [6, 6.07) is 9.74. The molecule has 1 atom stereocenters. The van der Waals surface area contributed by atoms with E-state index in [-0.39, 0.29) is 6.61 Å². The van der Waals surface area contributed by atoms with Crippen molar-refractivity contribution in [1.82, 2.24) is 5.32 Å². The number of fused-ring (bicyclic) bond motifs is 3. The summed E-state index contributed by atoms with van der Waals surface area (Å²) in [6.07, 6.45) is 1.91. The van der Waals surface area contributed by atoms with Crippen molar-refractivity contribution in [2.75, 3.05) is 6.61 Å². The Hall–Kier alpha value is -3.35. The summed E-state index contributed by atoms with van der Waals surface area (Å²) in [6.45, 7) is 3.36. The molecule has 2 N–H and O–H groups in total. The minimum atomic E-state index is -1.07. The Morgan fingerprint density at radius 2 is 1.86 bits per heavy atom. The summed E-state index contributed by atoms with van der Waals surface area (Å²) in [5.41, 5.74) is 0.559. The summed E-state index contributed by atoms with van der Waals surface area (Å²) in [7, 11) is 0. The summed E-state index contributed by atoms with van der Waals surface area (Å²) in [5, 5.41) is 13.7. The van der Waals surface area contributed by atoms with E-state index in [0.29, 0.717) is 35.1 Å². The lowest BCUT2D eigenvalue weighted by Gasteiger charge is -2.15. The number of ether oxygens (including phenoxy) is 1. The van der Waals surface area contributed by atoms with E-state index in [1.54, 1.807) is 31.2 Å². The molecule has 7 nitrogen and oxygen atoms in total. The van der Waals surface area contributed by atoms with Crippen LogP contribution in [0.1, 0.15) is 31.7 Å². The molecule has 0 aliphatic rings. The van der Waals surface area contributed by atoms with Gasteiger partial charge in [-0.05, 0) is 36.9 Å². The van der Waals surface area contributed by atoms with Crippen molar-refractivity contribution in [3.05, 3.63) is 52.4 Å². The minimum Gasteiger partial charge on any atom is -0.483 e. The second-order valence-electron chi connectivity index (χ2n) is 6.89. The highest BCUT2D eigenvalue weighted by Gasteiger charge is 2.20. The molecule has 2 aromatic carbocycles. The Balaban J connectivity index is 1.79. The number of rotatable bonds is 8. The summed E-state index contributed by atoms with van der Waals surface area (Å²) in [4.78, 5) is 35.6. The van der Waals surface area contributed by atoms with Crippen molar-refractivity contribution >= 4 is 33.6 Å². The van der Waals surface area contributed by atoms with Crippen LogP contribution in [0.2, 0.25) is 0 Å². The average molecular weight is 397 g/mol. The van der Waals surface area contributed by atoms with Gasteiger partial charge in [-0.25, -0.2) is 9.59 Å². The fourth-order valence-corrected chi connectivity index (χ4v) is 3.26. The van der Waals surface area contributed by atoms with Gasteiger partial charge in [0.1, 0.15) is 17.4 Å². The minimum absolute atomic E-state index is 0.333. The first-order valence-electron chi connectivity index (χ1n) is 9.52. The van der Waals surface area contributed by atoms with E-state index in [4.69, 9.17) is 9.15 Å². The Morgan fingerprint density at radius 1 is 1.14 bits per heavy atom. The lowest BCUT2D eigenvalue weighted by molar-refractivity contribution is -0.142. The van der Waals surface area contributed by atoms with E-state index in [1.807, 2.05) is 19.1 Å². The standard InChI is InChI=1S/C22H23NO6/c1-3-4-9-17(21(25)26)23-19(24)12-28-18-11-10-15-14-7-5-6-8-16(14)22(27)29-20(15)13(18)2/h5-8,10-11,17H,3-4,9,12H2,1-2H3,(H,23,24)(H,25,26)/t17-/m0/s1. The van der Waals surface area contributed by atoms with Gasteiger partial charge in [-0.3, -0.25) is 4.79 Å². The Morgan fingerprint density at radius 3 is 2.55 bits per heavy atom. The van der Waals surface area contributed by atoms with E-state index in [0.717, 1.165) is 17.2 Å². The van der Waals surface area contributed by atoms with Crippen LogP contribution in [-0.2, 0) is 9.59 Å². The average Bonchev–Trinajstić information content (AvgIpc) is 2.71. The van der Waals surface area contributed by atoms with Crippen LogP contribution in [0.4, 0.5) is 0 Å². The highest BCUT2D eigenvalue weighted by atomic mass is 16.5. The number of nitrogens with one attached hydrogen (secondary N) is 1. The van der Waals surface area contributed by atoms with Crippen LogP contribution in [0.5, 0.6) is 5.75 Å². The van der Waals surface area contributed by atoms with Gasteiger partial charge in [-0.15, -0.1) is 0 Å². The lowest BCUT2D eigenvalue weighted by Crippen LogP contribution is -2.42.